The van der Waals surface area contributed by atoms with Crippen molar-refractivity contribution in [3.05, 3.63) is 102 Å². The fraction of sp³-hybridized carbons (Fsp3) is 0.371. The summed E-state index contributed by atoms with van der Waals surface area (Å²) >= 11 is 0. The highest BCUT2D eigenvalue weighted by Crippen LogP contribution is 2.16. The van der Waals surface area contributed by atoms with Crippen LogP contribution in [-0.2, 0) is 38.8 Å². The fourth-order valence-electron chi connectivity index (χ4n) is 4.69. The van der Waals surface area contributed by atoms with Crippen LogP contribution in [0.5, 0.6) is 5.75 Å². The Balaban J connectivity index is 1.57. The minimum atomic E-state index is -1.17. The molecule has 0 fully saturated rings. The van der Waals surface area contributed by atoms with Crippen molar-refractivity contribution in [3.8, 4) is 5.75 Å². The Morgan fingerprint density at radius 3 is 1.91 bits per heavy atom. The molecule has 11 heteroatoms. The normalized spacial score (nSPS) is 12.8. The van der Waals surface area contributed by atoms with Crippen LogP contribution in [0.25, 0.3) is 0 Å². The Kier molecular flexibility index (Phi) is 14.5. The quantitative estimate of drug-likeness (QED) is 0.142. The first-order valence-electron chi connectivity index (χ1n) is 15.4. The minimum absolute atomic E-state index is 0.00914. The van der Waals surface area contributed by atoms with Gasteiger partial charge in [-0.2, -0.15) is 0 Å². The lowest BCUT2D eigenvalue weighted by Crippen LogP contribution is -2.56. The summed E-state index contributed by atoms with van der Waals surface area (Å²) in [6.45, 7) is 4.36. The molecule has 3 amide bonds. The molecule has 0 saturated carbocycles. The summed E-state index contributed by atoms with van der Waals surface area (Å²) in [6, 6.07) is 23.3. The SMILES string of the molecule is CNC(=O)[C@H](Cc1ccc(OCc2ccccc2)cc1)NC(=O)[C@H](CC(C)C)N[C@H](CCNC(=O)OCc1ccccc1)C(=O)O. The van der Waals surface area contributed by atoms with Gasteiger partial charge in [-0.25, -0.2) is 4.79 Å². The van der Waals surface area contributed by atoms with Gasteiger partial charge in [-0.1, -0.05) is 86.6 Å². The lowest BCUT2D eigenvalue weighted by molar-refractivity contribution is -0.140. The predicted molar refractivity (Wildman–Crippen MR) is 174 cm³/mol. The molecule has 0 saturated heterocycles. The van der Waals surface area contributed by atoms with Gasteiger partial charge in [-0.05, 0) is 47.6 Å². The summed E-state index contributed by atoms with van der Waals surface area (Å²) in [5, 5.41) is 20.8. The standard InChI is InChI=1S/C35H44N4O7/c1-24(2)20-30(38-29(34(42)43)18-19-37-35(44)46-23-27-12-8-5-9-13-27)33(41)39-31(32(40)36-3)21-25-14-16-28(17-15-25)45-22-26-10-6-4-7-11-26/h4-17,24,29-31,38H,18-23H2,1-3H3,(H,36,40)(H,37,44)(H,39,41)(H,42,43)/t29-,30+,31+/m1/s1. The van der Waals surface area contributed by atoms with E-state index in [0.29, 0.717) is 18.8 Å². The third-order valence-electron chi connectivity index (χ3n) is 7.13. The molecule has 3 rings (SSSR count). The average Bonchev–Trinajstić information content (AvgIpc) is 3.06. The van der Waals surface area contributed by atoms with Gasteiger partial charge < -0.3 is 30.5 Å². The van der Waals surface area contributed by atoms with Crippen LogP contribution in [0.4, 0.5) is 4.79 Å². The van der Waals surface area contributed by atoms with Crippen molar-refractivity contribution in [2.24, 2.45) is 5.92 Å². The summed E-state index contributed by atoms with van der Waals surface area (Å²) in [7, 11) is 1.49. The van der Waals surface area contributed by atoms with Crippen LogP contribution in [-0.4, -0.2) is 60.7 Å². The molecular formula is C35H44N4O7. The van der Waals surface area contributed by atoms with Crippen molar-refractivity contribution >= 4 is 23.9 Å². The number of amides is 3. The molecule has 3 atom stereocenters. The van der Waals surface area contributed by atoms with E-state index in [4.69, 9.17) is 9.47 Å². The molecule has 11 nitrogen and oxygen atoms in total. The van der Waals surface area contributed by atoms with Crippen LogP contribution in [0, 0.1) is 5.92 Å². The van der Waals surface area contributed by atoms with Crippen LogP contribution >= 0.6 is 0 Å². The zero-order valence-corrected chi connectivity index (χ0v) is 26.5. The molecule has 0 unspecified atom stereocenters. The van der Waals surface area contributed by atoms with Gasteiger partial charge in [0, 0.05) is 20.0 Å². The zero-order chi connectivity index (χ0) is 33.3. The molecule has 0 radical (unpaired) electrons. The van der Waals surface area contributed by atoms with E-state index >= 15 is 0 Å². The van der Waals surface area contributed by atoms with Crippen LogP contribution in [0.15, 0.2) is 84.9 Å². The van der Waals surface area contributed by atoms with Crippen molar-refractivity contribution in [2.75, 3.05) is 13.6 Å². The van der Waals surface area contributed by atoms with E-state index in [2.05, 4.69) is 21.3 Å². The highest BCUT2D eigenvalue weighted by Gasteiger charge is 2.30. The Labute approximate surface area is 270 Å². The van der Waals surface area contributed by atoms with Crippen molar-refractivity contribution in [1.82, 2.24) is 21.3 Å². The van der Waals surface area contributed by atoms with Gasteiger partial charge in [-0.3, -0.25) is 19.7 Å². The van der Waals surface area contributed by atoms with E-state index in [0.717, 1.165) is 16.7 Å². The molecule has 0 aliphatic heterocycles. The molecule has 0 bridgehead atoms. The number of ether oxygens (including phenoxy) is 2. The van der Waals surface area contributed by atoms with Gasteiger partial charge in [0.15, 0.2) is 0 Å². The Bertz CT molecular complexity index is 1390. The molecular weight excluding hydrogens is 588 g/mol. The predicted octanol–water partition coefficient (Wildman–Crippen LogP) is 3.81. The highest BCUT2D eigenvalue weighted by molar-refractivity contribution is 5.90. The van der Waals surface area contributed by atoms with Crippen molar-refractivity contribution in [1.29, 1.82) is 0 Å². The number of carboxylic acid groups (broad SMARTS) is 1. The Morgan fingerprint density at radius 2 is 1.35 bits per heavy atom. The van der Waals surface area contributed by atoms with Crippen molar-refractivity contribution in [2.45, 2.75) is 64.4 Å². The summed E-state index contributed by atoms with van der Waals surface area (Å²) in [5.74, 6) is -1.32. The monoisotopic (exact) mass is 632 g/mol. The summed E-state index contributed by atoms with van der Waals surface area (Å²) < 4.78 is 11.0. The molecule has 0 aromatic heterocycles. The van der Waals surface area contributed by atoms with Gasteiger partial charge in [0.1, 0.15) is 31.0 Å². The number of alkyl carbamates (subject to hydrolysis) is 1. The number of benzene rings is 3. The van der Waals surface area contributed by atoms with Gasteiger partial charge in [0.25, 0.3) is 0 Å². The number of hydrogen-bond donors (Lipinski definition) is 5. The molecule has 46 heavy (non-hydrogen) atoms. The smallest absolute Gasteiger partial charge is 0.407 e. The Hall–Kier alpha value is -4.90. The molecule has 0 heterocycles. The number of carbonyl (C=O) groups excluding carboxylic acids is 3. The van der Waals surface area contributed by atoms with Gasteiger partial charge in [0.05, 0.1) is 6.04 Å². The number of carboxylic acids is 1. The number of rotatable bonds is 18. The molecule has 3 aromatic carbocycles. The molecule has 3 aromatic rings. The number of aliphatic carboxylic acids is 1. The van der Waals surface area contributed by atoms with Crippen LogP contribution in [0.2, 0.25) is 0 Å². The second kappa shape index (κ2) is 18.8. The number of carbonyl (C=O) groups is 4. The van der Waals surface area contributed by atoms with Gasteiger partial charge >= 0.3 is 12.1 Å². The van der Waals surface area contributed by atoms with E-state index in [-0.39, 0.29) is 37.8 Å². The average molecular weight is 633 g/mol. The lowest BCUT2D eigenvalue weighted by atomic mass is 10.00. The molecule has 0 spiro atoms. The topological polar surface area (TPSA) is 155 Å². The van der Waals surface area contributed by atoms with Crippen LogP contribution in [0.1, 0.15) is 43.4 Å². The van der Waals surface area contributed by atoms with E-state index in [9.17, 15) is 24.3 Å². The summed E-state index contributed by atoms with van der Waals surface area (Å²) in [4.78, 5) is 50.5. The first kappa shape index (κ1) is 35.6. The number of nitrogens with one attached hydrogen (secondary N) is 4. The van der Waals surface area contributed by atoms with E-state index < -0.39 is 36.1 Å². The largest absolute Gasteiger partial charge is 0.489 e. The molecule has 0 aliphatic rings. The summed E-state index contributed by atoms with van der Waals surface area (Å²) in [6.07, 6.45) is -0.116. The van der Waals surface area contributed by atoms with Crippen LogP contribution in [0.3, 0.4) is 0 Å². The number of likely N-dealkylation sites (N-methyl/N-ethyl adjacent to an activating group) is 1. The second-order valence-corrected chi connectivity index (χ2v) is 11.3. The van der Waals surface area contributed by atoms with Crippen molar-refractivity contribution in [3.63, 3.8) is 0 Å². The van der Waals surface area contributed by atoms with E-state index in [1.54, 1.807) is 0 Å². The second-order valence-electron chi connectivity index (χ2n) is 11.3. The molecule has 246 valence electrons. The summed E-state index contributed by atoms with van der Waals surface area (Å²) in [5.41, 5.74) is 2.68. The molecule has 0 aliphatic carbocycles. The molecule has 5 N–H and O–H groups in total. The lowest BCUT2D eigenvalue weighted by Gasteiger charge is -2.26. The fourth-order valence-corrected chi connectivity index (χ4v) is 4.69. The van der Waals surface area contributed by atoms with Gasteiger partial charge in [-0.15, -0.1) is 0 Å². The first-order chi connectivity index (χ1) is 22.1. The maximum absolute atomic E-state index is 13.5. The van der Waals surface area contributed by atoms with Gasteiger partial charge in [0.2, 0.25) is 11.8 Å². The first-order valence-corrected chi connectivity index (χ1v) is 15.4. The number of hydrogen-bond acceptors (Lipinski definition) is 7. The third-order valence-corrected chi connectivity index (χ3v) is 7.13. The highest BCUT2D eigenvalue weighted by atomic mass is 16.5. The maximum Gasteiger partial charge on any atom is 0.407 e. The Morgan fingerprint density at radius 1 is 0.739 bits per heavy atom. The third kappa shape index (κ3) is 12.6. The van der Waals surface area contributed by atoms with E-state index in [1.807, 2.05) is 98.8 Å². The zero-order valence-electron chi connectivity index (χ0n) is 26.5. The van der Waals surface area contributed by atoms with Crippen LogP contribution < -0.4 is 26.0 Å². The minimum Gasteiger partial charge on any atom is -0.489 e. The maximum atomic E-state index is 13.5. The van der Waals surface area contributed by atoms with E-state index in [1.165, 1.54) is 7.05 Å². The van der Waals surface area contributed by atoms with Crippen molar-refractivity contribution < 1.29 is 33.8 Å².